The Morgan fingerprint density at radius 2 is 2.29 bits per heavy atom. The molecule has 5 heteroatoms. The number of halogens is 2. The fourth-order valence-corrected chi connectivity index (χ4v) is 1.42. The van der Waals surface area contributed by atoms with E-state index in [0.717, 1.165) is 0 Å². The van der Waals surface area contributed by atoms with Crippen molar-refractivity contribution in [2.24, 2.45) is 0 Å². The highest BCUT2D eigenvalue weighted by Gasteiger charge is 2.15. The normalized spacial score (nSPS) is 10.4. The van der Waals surface area contributed by atoms with E-state index in [2.05, 4.69) is 0 Å². The quantitative estimate of drug-likeness (QED) is 0.767. The van der Waals surface area contributed by atoms with Crippen molar-refractivity contribution in [3.05, 3.63) is 28.0 Å². The number of benzene rings is 1. The van der Waals surface area contributed by atoms with Gasteiger partial charge in [-0.2, -0.15) is 0 Å². The van der Waals surface area contributed by atoms with Gasteiger partial charge in [-0.05, 0) is 12.5 Å². The first-order chi connectivity index (χ1) is 6.61. The summed E-state index contributed by atoms with van der Waals surface area (Å²) < 4.78 is 18.4. The monoisotopic (exact) mass is 219 g/mol. The van der Waals surface area contributed by atoms with Crippen LogP contribution in [-0.4, -0.2) is 12.3 Å². The molecule has 3 nitrogen and oxygen atoms in total. The van der Waals surface area contributed by atoms with E-state index in [-0.39, 0.29) is 17.3 Å². The second kappa shape index (κ2) is 4.59. The van der Waals surface area contributed by atoms with Gasteiger partial charge in [-0.3, -0.25) is 0 Å². The van der Waals surface area contributed by atoms with Gasteiger partial charge >= 0.3 is 0 Å². The molecule has 1 rings (SSSR count). The van der Waals surface area contributed by atoms with Crippen molar-refractivity contribution in [3.8, 4) is 5.75 Å². The van der Waals surface area contributed by atoms with Crippen LogP contribution in [0.3, 0.4) is 0 Å². The van der Waals surface area contributed by atoms with Crippen molar-refractivity contribution >= 4 is 11.6 Å². The second-order valence-corrected chi connectivity index (χ2v) is 3.23. The van der Waals surface area contributed by atoms with Crippen molar-refractivity contribution in [2.75, 3.05) is 7.11 Å². The Bertz CT molecular complexity index is 344. The Labute approximate surface area is 86.4 Å². The van der Waals surface area contributed by atoms with E-state index in [1.54, 1.807) is 13.0 Å². The van der Waals surface area contributed by atoms with E-state index in [1.807, 2.05) is 5.48 Å². The zero-order chi connectivity index (χ0) is 10.7. The smallest absolute Gasteiger partial charge is 0.173 e. The minimum Gasteiger partial charge on any atom is -0.492 e. The van der Waals surface area contributed by atoms with Crippen molar-refractivity contribution in [1.82, 2.24) is 5.48 Å². The van der Waals surface area contributed by atoms with Crippen molar-refractivity contribution in [3.63, 3.8) is 0 Å². The summed E-state index contributed by atoms with van der Waals surface area (Å²) >= 11 is 5.82. The molecule has 0 amide bonds. The molecule has 0 spiro atoms. The summed E-state index contributed by atoms with van der Waals surface area (Å²) in [4.78, 5) is 0. The molecule has 0 saturated heterocycles. The SMILES string of the molecule is COc1c(F)c(CNO)cc(C)c1Cl. The maximum atomic E-state index is 13.5. The van der Waals surface area contributed by atoms with Crippen LogP contribution in [-0.2, 0) is 6.54 Å². The molecule has 0 aliphatic heterocycles. The van der Waals surface area contributed by atoms with Crippen molar-refractivity contribution in [2.45, 2.75) is 13.5 Å². The lowest BCUT2D eigenvalue weighted by Crippen LogP contribution is -2.09. The topological polar surface area (TPSA) is 41.5 Å². The lowest BCUT2D eigenvalue weighted by molar-refractivity contribution is 0.159. The summed E-state index contributed by atoms with van der Waals surface area (Å²) in [6, 6.07) is 1.56. The Kier molecular flexibility index (Phi) is 3.69. The van der Waals surface area contributed by atoms with Crippen LogP contribution in [0.1, 0.15) is 11.1 Å². The van der Waals surface area contributed by atoms with E-state index >= 15 is 0 Å². The number of hydrogen-bond acceptors (Lipinski definition) is 3. The minimum absolute atomic E-state index is 0.0110. The van der Waals surface area contributed by atoms with Gasteiger partial charge in [0.15, 0.2) is 11.6 Å². The summed E-state index contributed by atoms with van der Waals surface area (Å²) in [5, 5.41) is 8.73. The molecule has 1 aromatic rings. The molecule has 0 saturated carbocycles. The molecule has 0 aromatic heterocycles. The Morgan fingerprint density at radius 3 is 2.79 bits per heavy atom. The van der Waals surface area contributed by atoms with Gasteiger partial charge in [0.25, 0.3) is 0 Å². The van der Waals surface area contributed by atoms with Gasteiger partial charge in [0.2, 0.25) is 0 Å². The highest BCUT2D eigenvalue weighted by Crippen LogP contribution is 2.32. The van der Waals surface area contributed by atoms with Gasteiger partial charge in [0.05, 0.1) is 12.1 Å². The molecule has 78 valence electrons. The molecule has 0 heterocycles. The van der Waals surface area contributed by atoms with Gasteiger partial charge in [-0.25, -0.2) is 9.87 Å². The Morgan fingerprint density at radius 1 is 1.64 bits per heavy atom. The van der Waals surface area contributed by atoms with Crippen LogP contribution < -0.4 is 10.2 Å². The predicted molar refractivity (Wildman–Crippen MR) is 51.3 cm³/mol. The third-order valence-electron chi connectivity index (χ3n) is 1.89. The fourth-order valence-electron chi connectivity index (χ4n) is 1.20. The summed E-state index contributed by atoms with van der Waals surface area (Å²) in [6.45, 7) is 1.76. The third-order valence-corrected chi connectivity index (χ3v) is 2.36. The minimum atomic E-state index is -0.551. The first-order valence-corrected chi connectivity index (χ1v) is 4.38. The highest BCUT2D eigenvalue weighted by atomic mass is 35.5. The highest BCUT2D eigenvalue weighted by molar-refractivity contribution is 6.32. The molecule has 0 fully saturated rings. The molecule has 0 aliphatic rings. The molecule has 0 unspecified atom stereocenters. The van der Waals surface area contributed by atoms with E-state index in [0.29, 0.717) is 11.1 Å². The average molecular weight is 220 g/mol. The number of aryl methyl sites for hydroxylation is 1. The van der Waals surface area contributed by atoms with Crippen LogP contribution in [0.15, 0.2) is 6.07 Å². The summed E-state index contributed by atoms with van der Waals surface area (Å²) in [7, 11) is 1.35. The summed E-state index contributed by atoms with van der Waals surface area (Å²) in [5.41, 5.74) is 2.90. The molecule has 14 heavy (non-hydrogen) atoms. The number of nitrogens with one attached hydrogen (secondary N) is 1. The third kappa shape index (κ3) is 1.97. The van der Waals surface area contributed by atoms with Gasteiger partial charge in [-0.1, -0.05) is 17.7 Å². The van der Waals surface area contributed by atoms with E-state index < -0.39 is 5.82 Å². The maximum absolute atomic E-state index is 13.5. The summed E-state index contributed by atoms with van der Waals surface area (Å²) in [6.07, 6.45) is 0. The molecule has 0 aliphatic carbocycles. The van der Waals surface area contributed by atoms with E-state index in [9.17, 15) is 4.39 Å². The molecule has 1 aromatic carbocycles. The molecular formula is C9H11ClFNO2. The van der Waals surface area contributed by atoms with Gasteiger partial charge in [0, 0.05) is 12.1 Å². The number of methoxy groups -OCH3 is 1. The van der Waals surface area contributed by atoms with Gasteiger partial charge in [0.1, 0.15) is 0 Å². The van der Waals surface area contributed by atoms with Crippen LogP contribution in [0.2, 0.25) is 5.02 Å². The molecule has 0 radical (unpaired) electrons. The number of rotatable bonds is 3. The van der Waals surface area contributed by atoms with Gasteiger partial charge < -0.3 is 9.94 Å². The first kappa shape index (κ1) is 11.2. The van der Waals surface area contributed by atoms with Crippen molar-refractivity contribution in [1.29, 1.82) is 0 Å². The zero-order valence-corrected chi connectivity index (χ0v) is 8.65. The average Bonchev–Trinajstić information content (AvgIpc) is 2.16. The van der Waals surface area contributed by atoms with Crippen LogP contribution in [0.25, 0.3) is 0 Å². The standard InChI is InChI=1S/C9H11ClFNO2/c1-5-3-6(4-12-13)8(11)9(14-2)7(5)10/h3,12-13H,4H2,1-2H3. The fraction of sp³-hybridized carbons (Fsp3) is 0.333. The molecule has 2 N–H and O–H groups in total. The summed E-state index contributed by atoms with van der Waals surface area (Å²) in [5.74, 6) is -0.540. The molecule has 0 atom stereocenters. The largest absolute Gasteiger partial charge is 0.492 e. The second-order valence-electron chi connectivity index (χ2n) is 2.85. The van der Waals surface area contributed by atoms with Crippen LogP contribution in [0.5, 0.6) is 5.75 Å². The van der Waals surface area contributed by atoms with Crippen molar-refractivity contribution < 1.29 is 14.3 Å². The van der Waals surface area contributed by atoms with Crippen LogP contribution >= 0.6 is 11.6 Å². The lowest BCUT2D eigenvalue weighted by atomic mass is 10.1. The van der Waals surface area contributed by atoms with E-state index in [1.165, 1.54) is 7.11 Å². The van der Waals surface area contributed by atoms with Crippen LogP contribution in [0.4, 0.5) is 4.39 Å². The molecular weight excluding hydrogens is 209 g/mol. The first-order valence-electron chi connectivity index (χ1n) is 4.00. The number of hydroxylamine groups is 1. The van der Waals surface area contributed by atoms with E-state index in [4.69, 9.17) is 21.5 Å². The Balaban J connectivity index is 3.27. The number of ether oxygens (including phenoxy) is 1. The maximum Gasteiger partial charge on any atom is 0.173 e. The van der Waals surface area contributed by atoms with Crippen LogP contribution in [0, 0.1) is 12.7 Å². The zero-order valence-electron chi connectivity index (χ0n) is 7.90. The number of hydrogen-bond donors (Lipinski definition) is 2. The molecule has 0 bridgehead atoms. The predicted octanol–water partition coefficient (Wildman–Crippen LogP) is 2.27. The van der Waals surface area contributed by atoms with Gasteiger partial charge in [-0.15, -0.1) is 0 Å². The lowest BCUT2D eigenvalue weighted by Gasteiger charge is -2.11. The Hall–Kier alpha value is -0.840.